The molecule has 0 aromatic heterocycles. The Morgan fingerprint density at radius 3 is 2.00 bits per heavy atom. The molecule has 0 aromatic carbocycles. The summed E-state index contributed by atoms with van der Waals surface area (Å²) >= 11 is 0. The molecule has 0 spiro atoms. The molecule has 0 saturated carbocycles. The van der Waals surface area contributed by atoms with Crippen LogP contribution in [0.15, 0.2) is 0 Å². The zero-order chi connectivity index (χ0) is 13.2. The Bertz CT molecular complexity index is 307. The molecule has 1 heterocycles. The maximum Gasteiger partial charge on any atom is 0.239 e. The first-order valence-corrected chi connectivity index (χ1v) is 5.86. The van der Waals surface area contributed by atoms with Gasteiger partial charge in [-0.2, -0.15) is 0 Å². The lowest BCUT2D eigenvalue weighted by Gasteiger charge is -2.42. The Morgan fingerprint density at radius 1 is 1.18 bits per heavy atom. The number of nitrogens with two attached hydrogens (primary N) is 2. The van der Waals surface area contributed by atoms with Gasteiger partial charge in [-0.25, -0.2) is 0 Å². The lowest BCUT2D eigenvalue weighted by atomic mass is 10.0. The fourth-order valence-corrected chi connectivity index (χ4v) is 1.93. The zero-order valence-electron chi connectivity index (χ0n) is 10.8. The highest BCUT2D eigenvalue weighted by Crippen LogP contribution is 2.16. The molecule has 2 amide bonds. The van der Waals surface area contributed by atoms with Crippen LogP contribution in [0, 0.1) is 0 Å². The van der Waals surface area contributed by atoms with Crippen molar-refractivity contribution in [3.05, 3.63) is 0 Å². The Balaban J connectivity index is 2.57. The van der Waals surface area contributed by atoms with E-state index < -0.39 is 11.6 Å². The highest BCUT2D eigenvalue weighted by Gasteiger charge is 2.35. The van der Waals surface area contributed by atoms with Crippen LogP contribution in [0.5, 0.6) is 0 Å². The summed E-state index contributed by atoms with van der Waals surface area (Å²) in [7, 11) is 0. The number of amides is 2. The normalized spacial score (nSPS) is 20.1. The molecule has 6 nitrogen and oxygen atoms in total. The minimum atomic E-state index is -0.663. The molecule has 1 aliphatic rings. The summed E-state index contributed by atoms with van der Waals surface area (Å²) in [6, 6.07) is -0.467. The molecular weight excluding hydrogens is 220 g/mol. The van der Waals surface area contributed by atoms with E-state index in [9.17, 15) is 9.59 Å². The van der Waals surface area contributed by atoms with E-state index in [1.165, 1.54) is 0 Å². The van der Waals surface area contributed by atoms with E-state index in [-0.39, 0.29) is 11.8 Å². The molecule has 4 N–H and O–H groups in total. The van der Waals surface area contributed by atoms with E-state index in [1.807, 2.05) is 4.90 Å². The number of piperazine rings is 1. The number of hydrogen-bond acceptors (Lipinski definition) is 4. The molecule has 17 heavy (non-hydrogen) atoms. The summed E-state index contributed by atoms with van der Waals surface area (Å²) < 4.78 is 0. The van der Waals surface area contributed by atoms with Crippen LogP contribution in [0.1, 0.15) is 20.8 Å². The predicted octanol–water partition coefficient (Wildman–Crippen LogP) is -1.26. The SMILES string of the molecule is C[C@@H](N)C(=O)N1CCN(C(C)(C)C(N)=O)CC1. The standard InChI is InChI=1S/C11H22N4O2/c1-8(12)9(16)14-4-6-15(7-5-14)11(2,3)10(13)17/h8H,4-7,12H2,1-3H3,(H2,13,17)/t8-/m1/s1. The van der Waals surface area contributed by atoms with Crippen molar-refractivity contribution in [2.24, 2.45) is 11.5 Å². The number of primary amides is 1. The van der Waals surface area contributed by atoms with Crippen LogP contribution in [-0.4, -0.2) is 59.4 Å². The van der Waals surface area contributed by atoms with E-state index in [2.05, 4.69) is 0 Å². The van der Waals surface area contributed by atoms with Gasteiger partial charge in [0, 0.05) is 26.2 Å². The van der Waals surface area contributed by atoms with E-state index >= 15 is 0 Å². The van der Waals surface area contributed by atoms with Gasteiger partial charge in [0.05, 0.1) is 11.6 Å². The summed E-state index contributed by atoms with van der Waals surface area (Å²) in [5, 5.41) is 0. The first-order chi connectivity index (χ1) is 7.76. The first kappa shape index (κ1) is 13.9. The second-order valence-corrected chi connectivity index (χ2v) is 5.02. The van der Waals surface area contributed by atoms with Crippen molar-refractivity contribution in [3.8, 4) is 0 Å². The summed E-state index contributed by atoms with van der Waals surface area (Å²) in [6.45, 7) is 7.77. The smallest absolute Gasteiger partial charge is 0.239 e. The molecule has 0 aliphatic carbocycles. The molecule has 0 bridgehead atoms. The summed E-state index contributed by atoms with van der Waals surface area (Å²) in [4.78, 5) is 26.7. The maximum absolute atomic E-state index is 11.7. The van der Waals surface area contributed by atoms with Gasteiger partial charge >= 0.3 is 0 Å². The number of nitrogens with zero attached hydrogens (tertiary/aromatic N) is 2. The van der Waals surface area contributed by atoms with Gasteiger partial charge < -0.3 is 16.4 Å². The molecule has 0 aromatic rings. The Morgan fingerprint density at radius 2 is 1.65 bits per heavy atom. The van der Waals surface area contributed by atoms with Gasteiger partial charge in [-0.05, 0) is 20.8 Å². The fraction of sp³-hybridized carbons (Fsp3) is 0.818. The van der Waals surface area contributed by atoms with Crippen LogP contribution in [-0.2, 0) is 9.59 Å². The quantitative estimate of drug-likeness (QED) is 0.646. The molecule has 1 fully saturated rings. The van der Waals surface area contributed by atoms with Gasteiger partial charge in [-0.3, -0.25) is 14.5 Å². The number of carbonyl (C=O) groups is 2. The van der Waals surface area contributed by atoms with Gasteiger partial charge in [-0.1, -0.05) is 0 Å². The van der Waals surface area contributed by atoms with Crippen LogP contribution in [0.25, 0.3) is 0 Å². The number of carbonyl (C=O) groups excluding carboxylic acids is 2. The Hall–Kier alpha value is -1.14. The molecule has 1 atom stereocenters. The van der Waals surface area contributed by atoms with Crippen LogP contribution in [0.3, 0.4) is 0 Å². The lowest BCUT2D eigenvalue weighted by molar-refractivity contribution is -0.136. The van der Waals surface area contributed by atoms with Gasteiger partial charge in [0.25, 0.3) is 0 Å². The number of rotatable bonds is 3. The summed E-state index contributed by atoms with van der Waals surface area (Å²) in [6.07, 6.45) is 0. The third kappa shape index (κ3) is 2.95. The van der Waals surface area contributed by atoms with Crippen molar-refractivity contribution in [2.75, 3.05) is 26.2 Å². The molecule has 1 rings (SSSR count). The van der Waals surface area contributed by atoms with Crippen LogP contribution >= 0.6 is 0 Å². The van der Waals surface area contributed by atoms with Crippen molar-refractivity contribution in [1.29, 1.82) is 0 Å². The van der Waals surface area contributed by atoms with Gasteiger partial charge in [-0.15, -0.1) is 0 Å². The maximum atomic E-state index is 11.7. The number of hydrogen-bond donors (Lipinski definition) is 2. The fourth-order valence-electron chi connectivity index (χ4n) is 1.93. The van der Waals surface area contributed by atoms with Gasteiger partial charge in [0.15, 0.2) is 0 Å². The largest absolute Gasteiger partial charge is 0.368 e. The second kappa shape index (κ2) is 5.01. The monoisotopic (exact) mass is 242 g/mol. The summed E-state index contributed by atoms with van der Waals surface area (Å²) in [5.41, 5.74) is 10.3. The predicted molar refractivity (Wildman–Crippen MR) is 65.1 cm³/mol. The van der Waals surface area contributed by atoms with Crippen LogP contribution in [0.4, 0.5) is 0 Å². The molecule has 0 radical (unpaired) electrons. The topological polar surface area (TPSA) is 92.7 Å². The third-order valence-electron chi connectivity index (χ3n) is 3.37. The molecule has 1 aliphatic heterocycles. The minimum Gasteiger partial charge on any atom is -0.368 e. The Labute approximate surface area is 102 Å². The molecule has 1 saturated heterocycles. The minimum absolute atomic E-state index is 0.0402. The molecular formula is C11H22N4O2. The van der Waals surface area contributed by atoms with Crippen molar-refractivity contribution < 1.29 is 9.59 Å². The zero-order valence-corrected chi connectivity index (χ0v) is 10.8. The lowest BCUT2D eigenvalue weighted by Crippen LogP contribution is -2.61. The van der Waals surface area contributed by atoms with E-state index in [0.717, 1.165) is 0 Å². The Kier molecular flexibility index (Phi) is 4.11. The average molecular weight is 242 g/mol. The van der Waals surface area contributed by atoms with Crippen molar-refractivity contribution in [3.63, 3.8) is 0 Å². The van der Waals surface area contributed by atoms with Gasteiger partial charge in [0.2, 0.25) is 11.8 Å². The molecule has 98 valence electrons. The third-order valence-corrected chi connectivity index (χ3v) is 3.37. The van der Waals surface area contributed by atoms with Crippen LogP contribution < -0.4 is 11.5 Å². The van der Waals surface area contributed by atoms with Crippen LogP contribution in [0.2, 0.25) is 0 Å². The van der Waals surface area contributed by atoms with E-state index in [1.54, 1.807) is 25.7 Å². The highest BCUT2D eigenvalue weighted by atomic mass is 16.2. The second-order valence-electron chi connectivity index (χ2n) is 5.02. The summed E-state index contributed by atoms with van der Waals surface area (Å²) in [5.74, 6) is -0.383. The highest BCUT2D eigenvalue weighted by molar-refractivity contribution is 5.84. The first-order valence-electron chi connectivity index (χ1n) is 5.86. The van der Waals surface area contributed by atoms with Crippen molar-refractivity contribution in [2.45, 2.75) is 32.4 Å². The van der Waals surface area contributed by atoms with Crippen molar-refractivity contribution >= 4 is 11.8 Å². The van der Waals surface area contributed by atoms with Crippen molar-refractivity contribution in [1.82, 2.24) is 9.80 Å². The molecule has 6 heteroatoms. The molecule has 0 unspecified atom stereocenters. The average Bonchev–Trinajstić information content (AvgIpc) is 2.27. The van der Waals surface area contributed by atoms with E-state index in [4.69, 9.17) is 11.5 Å². The van der Waals surface area contributed by atoms with Gasteiger partial charge in [0.1, 0.15) is 0 Å². The van der Waals surface area contributed by atoms with E-state index in [0.29, 0.717) is 26.2 Å².